The fourth-order valence-electron chi connectivity index (χ4n) is 2.42. The molecule has 1 aliphatic heterocycles. The van der Waals surface area contributed by atoms with Gasteiger partial charge in [0.15, 0.2) is 5.69 Å². The first-order valence-electron chi connectivity index (χ1n) is 6.51. The maximum atomic E-state index is 12.4. The summed E-state index contributed by atoms with van der Waals surface area (Å²) < 4.78 is 4.01. The SMILES string of the molecule is Cn1ncc(Br)c1C(=O)c1cn(C2CCNCC2)nn1. The van der Waals surface area contributed by atoms with Gasteiger partial charge in [0.2, 0.25) is 5.78 Å². The number of piperidine rings is 1. The highest BCUT2D eigenvalue weighted by atomic mass is 79.9. The molecule has 0 bridgehead atoms. The van der Waals surface area contributed by atoms with E-state index in [0.29, 0.717) is 21.9 Å². The quantitative estimate of drug-likeness (QED) is 0.842. The van der Waals surface area contributed by atoms with E-state index in [4.69, 9.17) is 0 Å². The molecule has 0 aliphatic carbocycles. The summed E-state index contributed by atoms with van der Waals surface area (Å²) in [6.07, 6.45) is 5.35. The van der Waals surface area contributed by atoms with Crippen molar-refractivity contribution in [3.63, 3.8) is 0 Å². The van der Waals surface area contributed by atoms with Crippen LogP contribution in [-0.2, 0) is 7.05 Å². The summed E-state index contributed by atoms with van der Waals surface area (Å²) in [7, 11) is 1.73. The molecule has 1 fully saturated rings. The number of halogens is 1. The molecule has 8 heteroatoms. The third-order valence-corrected chi connectivity index (χ3v) is 4.12. The number of rotatable bonds is 3. The average molecular weight is 339 g/mol. The van der Waals surface area contributed by atoms with Gasteiger partial charge in [-0.1, -0.05) is 5.21 Å². The fraction of sp³-hybridized carbons (Fsp3) is 0.500. The molecule has 0 atom stereocenters. The number of ketones is 1. The van der Waals surface area contributed by atoms with E-state index in [1.165, 1.54) is 4.68 Å². The van der Waals surface area contributed by atoms with E-state index < -0.39 is 0 Å². The molecule has 0 amide bonds. The smallest absolute Gasteiger partial charge is 0.234 e. The lowest BCUT2D eigenvalue weighted by Gasteiger charge is -2.22. The largest absolute Gasteiger partial charge is 0.317 e. The standard InChI is InChI=1S/C12H15BrN6O/c1-18-11(9(13)6-15-18)12(20)10-7-19(17-16-10)8-2-4-14-5-3-8/h6-8,14H,2-5H2,1H3. The lowest BCUT2D eigenvalue weighted by molar-refractivity contribution is 0.102. The normalized spacial score (nSPS) is 16.5. The van der Waals surface area contributed by atoms with Crippen molar-refractivity contribution in [3.8, 4) is 0 Å². The molecule has 106 valence electrons. The van der Waals surface area contributed by atoms with E-state index in [9.17, 15) is 4.79 Å². The van der Waals surface area contributed by atoms with Gasteiger partial charge in [-0.2, -0.15) is 5.10 Å². The molecule has 1 aliphatic rings. The molecule has 3 rings (SSSR count). The maximum absolute atomic E-state index is 12.4. The van der Waals surface area contributed by atoms with Gasteiger partial charge in [-0.05, 0) is 41.9 Å². The van der Waals surface area contributed by atoms with Gasteiger partial charge in [0, 0.05) is 7.05 Å². The summed E-state index contributed by atoms with van der Waals surface area (Å²) in [6, 6.07) is 0.320. The van der Waals surface area contributed by atoms with Crippen molar-refractivity contribution in [1.82, 2.24) is 30.1 Å². The number of nitrogens with one attached hydrogen (secondary N) is 1. The second-order valence-electron chi connectivity index (χ2n) is 4.86. The summed E-state index contributed by atoms with van der Waals surface area (Å²) in [5.74, 6) is -0.169. The topological polar surface area (TPSA) is 77.6 Å². The molecule has 2 aromatic heterocycles. The van der Waals surface area contributed by atoms with E-state index in [1.807, 2.05) is 0 Å². The molecule has 1 N–H and O–H groups in total. The van der Waals surface area contributed by atoms with Crippen molar-refractivity contribution in [1.29, 1.82) is 0 Å². The molecular weight excluding hydrogens is 324 g/mol. The highest BCUT2D eigenvalue weighted by Gasteiger charge is 2.22. The van der Waals surface area contributed by atoms with Crippen molar-refractivity contribution in [3.05, 3.63) is 28.3 Å². The molecule has 0 saturated carbocycles. The van der Waals surface area contributed by atoms with Crippen molar-refractivity contribution >= 4 is 21.7 Å². The lowest BCUT2D eigenvalue weighted by atomic mass is 10.1. The molecule has 2 aromatic rings. The molecule has 3 heterocycles. The zero-order chi connectivity index (χ0) is 14.1. The molecule has 1 saturated heterocycles. The van der Waals surface area contributed by atoms with Crippen molar-refractivity contribution < 1.29 is 4.79 Å². The second kappa shape index (κ2) is 5.45. The van der Waals surface area contributed by atoms with Gasteiger partial charge >= 0.3 is 0 Å². The minimum Gasteiger partial charge on any atom is -0.317 e. The maximum Gasteiger partial charge on any atom is 0.234 e. The number of carbonyl (C=O) groups is 1. The van der Waals surface area contributed by atoms with E-state index in [-0.39, 0.29) is 5.78 Å². The Labute approximate surface area is 124 Å². The molecule has 0 aromatic carbocycles. The van der Waals surface area contributed by atoms with Crippen molar-refractivity contribution in [2.75, 3.05) is 13.1 Å². The Morgan fingerprint density at radius 2 is 2.20 bits per heavy atom. The second-order valence-corrected chi connectivity index (χ2v) is 5.71. The van der Waals surface area contributed by atoms with Crippen molar-refractivity contribution in [2.24, 2.45) is 7.05 Å². The Bertz CT molecular complexity index is 608. The molecule has 0 radical (unpaired) electrons. The van der Waals surface area contributed by atoms with Gasteiger partial charge in [-0.3, -0.25) is 9.48 Å². The zero-order valence-corrected chi connectivity index (χ0v) is 12.7. The number of hydrogen-bond donors (Lipinski definition) is 1. The summed E-state index contributed by atoms with van der Waals surface area (Å²) >= 11 is 3.33. The van der Waals surface area contributed by atoms with Crippen LogP contribution in [-0.4, -0.2) is 43.6 Å². The number of aromatic nitrogens is 5. The Balaban J connectivity index is 1.84. The third kappa shape index (κ3) is 2.40. The molecule has 7 nitrogen and oxygen atoms in total. The Hall–Kier alpha value is -1.54. The van der Waals surface area contributed by atoms with Gasteiger partial charge in [0.25, 0.3) is 0 Å². The van der Waals surface area contributed by atoms with Crippen LogP contribution in [0.3, 0.4) is 0 Å². The van der Waals surface area contributed by atoms with Gasteiger partial charge in [0.05, 0.1) is 22.9 Å². The van der Waals surface area contributed by atoms with Crippen LogP contribution in [0.25, 0.3) is 0 Å². The number of hydrogen-bond acceptors (Lipinski definition) is 5. The number of carbonyl (C=O) groups excluding carboxylic acids is 1. The van der Waals surface area contributed by atoms with Crippen LogP contribution in [0.15, 0.2) is 16.9 Å². The Kier molecular flexibility index (Phi) is 3.66. The molecule has 0 spiro atoms. The predicted octanol–water partition coefficient (Wildman–Crippen LogP) is 0.930. The predicted molar refractivity (Wildman–Crippen MR) is 75.5 cm³/mol. The van der Waals surface area contributed by atoms with Crippen molar-refractivity contribution in [2.45, 2.75) is 18.9 Å². The first kappa shape index (κ1) is 13.4. The van der Waals surface area contributed by atoms with Crippen LogP contribution in [0.2, 0.25) is 0 Å². The van der Waals surface area contributed by atoms with Gasteiger partial charge in [0.1, 0.15) is 5.69 Å². The van der Waals surface area contributed by atoms with Gasteiger partial charge < -0.3 is 5.32 Å². The monoisotopic (exact) mass is 338 g/mol. The summed E-state index contributed by atoms with van der Waals surface area (Å²) in [6.45, 7) is 1.95. The van der Waals surface area contributed by atoms with Crippen LogP contribution in [0.4, 0.5) is 0 Å². The summed E-state index contributed by atoms with van der Waals surface area (Å²) in [5.41, 5.74) is 0.843. The highest BCUT2D eigenvalue weighted by Crippen LogP contribution is 2.20. The average Bonchev–Trinajstić information content (AvgIpc) is 3.07. The summed E-state index contributed by atoms with van der Waals surface area (Å²) in [5, 5.41) is 15.5. The minimum atomic E-state index is -0.169. The minimum absolute atomic E-state index is 0.169. The highest BCUT2D eigenvalue weighted by molar-refractivity contribution is 9.10. The van der Waals surface area contributed by atoms with E-state index in [1.54, 1.807) is 24.1 Å². The van der Waals surface area contributed by atoms with Crippen LogP contribution >= 0.6 is 15.9 Å². The van der Waals surface area contributed by atoms with Gasteiger partial charge in [-0.15, -0.1) is 5.10 Å². The van der Waals surface area contributed by atoms with Gasteiger partial charge in [-0.25, -0.2) is 4.68 Å². The zero-order valence-electron chi connectivity index (χ0n) is 11.1. The Morgan fingerprint density at radius 1 is 1.45 bits per heavy atom. The fourth-order valence-corrected chi connectivity index (χ4v) is 2.95. The lowest BCUT2D eigenvalue weighted by Crippen LogP contribution is -2.29. The van der Waals surface area contributed by atoms with Crippen LogP contribution in [0.1, 0.15) is 35.1 Å². The van der Waals surface area contributed by atoms with Crippen LogP contribution in [0.5, 0.6) is 0 Å². The number of aryl methyl sites for hydroxylation is 1. The van der Waals surface area contributed by atoms with E-state index in [0.717, 1.165) is 25.9 Å². The number of nitrogens with zero attached hydrogens (tertiary/aromatic N) is 5. The molecule has 20 heavy (non-hydrogen) atoms. The van der Waals surface area contributed by atoms with Crippen LogP contribution < -0.4 is 5.32 Å². The first-order valence-corrected chi connectivity index (χ1v) is 7.31. The molecular formula is C12H15BrN6O. The Morgan fingerprint density at radius 3 is 2.85 bits per heavy atom. The van der Waals surface area contributed by atoms with E-state index >= 15 is 0 Å². The van der Waals surface area contributed by atoms with E-state index in [2.05, 4.69) is 36.7 Å². The third-order valence-electron chi connectivity index (χ3n) is 3.53. The first-order chi connectivity index (χ1) is 9.66. The van der Waals surface area contributed by atoms with Crippen LogP contribution in [0, 0.1) is 0 Å². The summed E-state index contributed by atoms with van der Waals surface area (Å²) in [4.78, 5) is 12.4. The molecule has 0 unspecified atom stereocenters.